The smallest absolute Gasteiger partial charge is 0.246 e. The Morgan fingerprint density at radius 3 is 2.32 bits per heavy atom. The molecular weight excluding hydrogens is 380 g/mol. The van der Waals surface area contributed by atoms with Gasteiger partial charge in [-0.15, -0.1) is 0 Å². The molecule has 3 aromatic rings. The van der Waals surface area contributed by atoms with Gasteiger partial charge in [0, 0.05) is 5.56 Å². The Labute approximate surface area is 163 Å². The number of carbonyl (C=O) groups excluding carboxylic acids is 1. The zero-order chi connectivity index (χ0) is 20.1. The van der Waals surface area contributed by atoms with Gasteiger partial charge in [0.05, 0.1) is 18.5 Å². The van der Waals surface area contributed by atoms with E-state index in [-0.39, 0.29) is 12.4 Å². The molecular formula is C19H20N4O4S. The summed E-state index contributed by atoms with van der Waals surface area (Å²) in [5.74, 6) is 0.165. The molecule has 1 aromatic heterocycles. The number of aromatic nitrogens is 2. The molecule has 3 rings (SSSR count). The van der Waals surface area contributed by atoms with Crippen LogP contribution >= 0.6 is 0 Å². The summed E-state index contributed by atoms with van der Waals surface area (Å²) in [6.07, 6.45) is 1.06. The highest BCUT2D eigenvalue weighted by atomic mass is 32.2. The average molecular weight is 400 g/mol. The summed E-state index contributed by atoms with van der Waals surface area (Å²) >= 11 is 0. The Morgan fingerprint density at radius 2 is 1.71 bits per heavy atom. The van der Waals surface area contributed by atoms with Gasteiger partial charge in [0.2, 0.25) is 27.6 Å². The molecule has 0 saturated heterocycles. The summed E-state index contributed by atoms with van der Waals surface area (Å²) in [5, 5.41) is 6.53. The molecule has 0 aliphatic heterocycles. The predicted molar refractivity (Wildman–Crippen MR) is 105 cm³/mol. The highest BCUT2D eigenvalue weighted by Gasteiger charge is 2.29. The fraction of sp³-hybridized carbons (Fsp3) is 0.211. The number of benzene rings is 2. The maximum Gasteiger partial charge on any atom is 0.246 e. The van der Waals surface area contributed by atoms with E-state index in [1.807, 2.05) is 30.3 Å². The molecule has 1 unspecified atom stereocenters. The van der Waals surface area contributed by atoms with Crippen LogP contribution in [0.25, 0.3) is 11.4 Å². The van der Waals surface area contributed by atoms with Crippen LogP contribution in [0, 0.1) is 0 Å². The molecule has 0 saturated carbocycles. The Balaban J connectivity index is 1.69. The van der Waals surface area contributed by atoms with Crippen molar-refractivity contribution >= 4 is 21.6 Å². The van der Waals surface area contributed by atoms with Crippen LogP contribution in [0.4, 0.5) is 5.69 Å². The third kappa shape index (κ3) is 4.55. The van der Waals surface area contributed by atoms with Crippen LogP contribution in [0.3, 0.4) is 0 Å². The molecule has 0 aliphatic rings. The average Bonchev–Trinajstić information content (AvgIpc) is 3.15. The van der Waals surface area contributed by atoms with Gasteiger partial charge in [-0.1, -0.05) is 53.7 Å². The summed E-state index contributed by atoms with van der Waals surface area (Å²) in [4.78, 5) is 16.8. The maximum atomic E-state index is 12.5. The van der Waals surface area contributed by atoms with Crippen molar-refractivity contribution in [1.82, 2.24) is 15.5 Å². The molecule has 0 fully saturated rings. The number of carbonyl (C=O) groups is 1. The highest BCUT2D eigenvalue weighted by molar-refractivity contribution is 7.92. The third-order valence-electron chi connectivity index (χ3n) is 4.01. The van der Waals surface area contributed by atoms with E-state index >= 15 is 0 Å². The van der Waals surface area contributed by atoms with Gasteiger partial charge in [0.15, 0.2) is 0 Å². The van der Waals surface area contributed by atoms with E-state index in [0.29, 0.717) is 11.5 Å². The standard InChI is InChI=1S/C19H20N4O4S/c1-14(23(28(2,25)26)16-11-7-4-8-12-16)19(24)20-13-17-21-18(22-27-17)15-9-5-3-6-10-15/h3-12,14H,13H2,1-2H3,(H,20,24). The van der Waals surface area contributed by atoms with Crippen molar-refractivity contribution in [1.29, 1.82) is 0 Å². The van der Waals surface area contributed by atoms with Gasteiger partial charge in [-0.25, -0.2) is 8.42 Å². The van der Waals surface area contributed by atoms with Gasteiger partial charge >= 0.3 is 0 Å². The lowest BCUT2D eigenvalue weighted by molar-refractivity contribution is -0.122. The SMILES string of the molecule is CC(C(=O)NCc1nc(-c2ccccc2)no1)N(c1ccccc1)S(C)(=O)=O. The second-order valence-corrected chi connectivity index (χ2v) is 8.03. The summed E-state index contributed by atoms with van der Waals surface area (Å²) in [7, 11) is -3.66. The first-order chi connectivity index (χ1) is 13.4. The molecule has 0 bridgehead atoms. The van der Waals surface area contributed by atoms with Gasteiger partial charge in [-0.3, -0.25) is 9.10 Å². The van der Waals surface area contributed by atoms with Crippen LogP contribution in [0.5, 0.6) is 0 Å². The fourth-order valence-corrected chi connectivity index (χ4v) is 3.90. The summed E-state index contributed by atoms with van der Waals surface area (Å²) < 4.78 is 30.7. The van der Waals surface area contributed by atoms with E-state index in [1.54, 1.807) is 30.3 Å². The van der Waals surface area contributed by atoms with E-state index in [4.69, 9.17) is 4.52 Å². The summed E-state index contributed by atoms with van der Waals surface area (Å²) in [6.45, 7) is 1.52. The van der Waals surface area contributed by atoms with E-state index in [9.17, 15) is 13.2 Å². The zero-order valence-electron chi connectivity index (χ0n) is 15.4. The van der Waals surface area contributed by atoms with Crippen molar-refractivity contribution in [3.8, 4) is 11.4 Å². The second-order valence-electron chi connectivity index (χ2n) is 6.17. The molecule has 0 spiro atoms. The van der Waals surface area contributed by atoms with E-state index in [0.717, 1.165) is 16.1 Å². The van der Waals surface area contributed by atoms with Crippen molar-refractivity contribution in [3.63, 3.8) is 0 Å². The maximum absolute atomic E-state index is 12.5. The van der Waals surface area contributed by atoms with Gasteiger partial charge in [0.25, 0.3) is 0 Å². The minimum absolute atomic E-state index is 0.00456. The summed E-state index contributed by atoms with van der Waals surface area (Å²) in [6, 6.07) is 16.8. The molecule has 1 atom stereocenters. The zero-order valence-corrected chi connectivity index (χ0v) is 16.3. The number of amides is 1. The van der Waals surface area contributed by atoms with Gasteiger partial charge < -0.3 is 9.84 Å². The summed E-state index contributed by atoms with van der Waals surface area (Å²) in [5.41, 5.74) is 1.21. The van der Waals surface area contributed by atoms with Crippen LogP contribution in [0.2, 0.25) is 0 Å². The van der Waals surface area contributed by atoms with Crippen molar-refractivity contribution in [3.05, 3.63) is 66.6 Å². The number of hydrogen-bond acceptors (Lipinski definition) is 6. The molecule has 146 valence electrons. The van der Waals surface area contributed by atoms with Crippen molar-refractivity contribution in [2.75, 3.05) is 10.6 Å². The lowest BCUT2D eigenvalue weighted by Gasteiger charge is -2.28. The largest absolute Gasteiger partial charge is 0.345 e. The van der Waals surface area contributed by atoms with E-state index in [1.165, 1.54) is 6.92 Å². The molecule has 2 aromatic carbocycles. The Bertz CT molecular complexity index is 1040. The Hall–Kier alpha value is -3.20. The first-order valence-electron chi connectivity index (χ1n) is 8.56. The minimum Gasteiger partial charge on any atom is -0.345 e. The number of hydrogen-bond donors (Lipinski definition) is 1. The molecule has 28 heavy (non-hydrogen) atoms. The predicted octanol–water partition coefficient (Wildman–Crippen LogP) is 2.21. The van der Waals surface area contributed by atoms with Crippen LogP contribution in [-0.4, -0.2) is 36.8 Å². The number of anilines is 1. The Morgan fingerprint density at radius 1 is 1.11 bits per heavy atom. The van der Waals surface area contributed by atoms with Gasteiger partial charge in [0.1, 0.15) is 6.04 Å². The van der Waals surface area contributed by atoms with Crippen LogP contribution in [0.15, 0.2) is 65.2 Å². The number of nitrogens with zero attached hydrogens (tertiary/aromatic N) is 3. The van der Waals surface area contributed by atoms with Crippen molar-refractivity contribution in [2.45, 2.75) is 19.5 Å². The normalized spacial score (nSPS) is 12.4. The molecule has 0 aliphatic carbocycles. The highest BCUT2D eigenvalue weighted by Crippen LogP contribution is 2.20. The van der Waals surface area contributed by atoms with Crippen molar-refractivity contribution < 1.29 is 17.7 Å². The lowest BCUT2D eigenvalue weighted by atomic mass is 10.2. The fourth-order valence-electron chi connectivity index (χ4n) is 2.73. The second kappa shape index (κ2) is 8.22. The molecule has 1 heterocycles. The van der Waals surface area contributed by atoms with Crippen LogP contribution < -0.4 is 9.62 Å². The number of sulfonamides is 1. The topological polar surface area (TPSA) is 105 Å². The molecule has 8 nitrogen and oxygen atoms in total. The van der Waals surface area contributed by atoms with E-state index in [2.05, 4.69) is 15.5 Å². The number of para-hydroxylation sites is 1. The molecule has 9 heteroatoms. The van der Waals surface area contributed by atoms with E-state index < -0.39 is 22.0 Å². The van der Waals surface area contributed by atoms with Gasteiger partial charge in [-0.2, -0.15) is 4.98 Å². The van der Waals surface area contributed by atoms with Gasteiger partial charge in [-0.05, 0) is 19.1 Å². The third-order valence-corrected chi connectivity index (χ3v) is 5.25. The number of nitrogens with one attached hydrogen (secondary N) is 1. The number of rotatable bonds is 7. The molecule has 0 radical (unpaired) electrons. The van der Waals surface area contributed by atoms with Crippen LogP contribution in [-0.2, 0) is 21.4 Å². The minimum atomic E-state index is -3.66. The molecule has 1 amide bonds. The van der Waals surface area contributed by atoms with Crippen LogP contribution in [0.1, 0.15) is 12.8 Å². The monoisotopic (exact) mass is 400 g/mol. The lowest BCUT2D eigenvalue weighted by Crippen LogP contribution is -2.47. The Kier molecular flexibility index (Phi) is 5.74. The first-order valence-corrected chi connectivity index (χ1v) is 10.4. The first kappa shape index (κ1) is 19.6. The van der Waals surface area contributed by atoms with Crippen molar-refractivity contribution in [2.24, 2.45) is 0 Å². The molecule has 1 N–H and O–H groups in total. The quantitative estimate of drug-likeness (QED) is 0.652.